The van der Waals surface area contributed by atoms with Gasteiger partial charge in [-0.3, -0.25) is 9.59 Å². The van der Waals surface area contributed by atoms with Crippen molar-refractivity contribution in [2.24, 2.45) is 0 Å². The Balaban J connectivity index is 2.69. The number of rotatable bonds is 7. The summed E-state index contributed by atoms with van der Waals surface area (Å²) in [5.41, 5.74) is 0.452. The van der Waals surface area contributed by atoms with Crippen molar-refractivity contribution in [3.05, 3.63) is 30.9 Å². The molecule has 0 bridgehead atoms. The summed E-state index contributed by atoms with van der Waals surface area (Å²) in [4.78, 5) is 23.2. The third kappa shape index (κ3) is 4.64. The summed E-state index contributed by atoms with van der Waals surface area (Å²) < 4.78 is 10.2. The molecule has 108 valence electrons. The van der Waals surface area contributed by atoms with Crippen molar-refractivity contribution in [3.8, 4) is 11.5 Å². The van der Waals surface area contributed by atoms with Gasteiger partial charge in [-0.2, -0.15) is 0 Å². The van der Waals surface area contributed by atoms with Crippen molar-refractivity contribution < 1.29 is 19.1 Å². The zero-order chi connectivity index (χ0) is 15.0. The molecule has 6 heteroatoms. The van der Waals surface area contributed by atoms with Gasteiger partial charge in [0.2, 0.25) is 11.8 Å². The third-order valence-corrected chi connectivity index (χ3v) is 2.45. The van der Waals surface area contributed by atoms with Crippen LogP contribution < -0.4 is 20.1 Å². The molecule has 20 heavy (non-hydrogen) atoms. The predicted molar refractivity (Wildman–Crippen MR) is 76.0 cm³/mol. The Kier molecular flexibility index (Phi) is 6.09. The molecule has 0 radical (unpaired) electrons. The Hall–Kier alpha value is -2.50. The SMILES string of the molecule is C=CCNC(=O)CC(=O)Nc1cc(OC)ccc1OC. The molecule has 0 saturated carbocycles. The topological polar surface area (TPSA) is 76.7 Å². The summed E-state index contributed by atoms with van der Waals surface area (Å²) in [5.74, 6) is 0.269. The number of hydrogen-bond acceptors (Lipinski definition) is 4. The van der Waals surface area contributed by atoms with Gasteiger partial charge in [0.25, 0.3) is 0 Å². The molecule has 0 aliphatic carbocycles. The number of anilines is 1. The molecule has 1 aromatic carbocycles. The lowest BCUT2D eigenvalue weighted by Crippen LogP contribution is -2.28. The molecule has 0 aromatic heterocycles. The van der Waals surface area contributed by atoms with Gasteiger partial charge in [0.05, 0.1) is 19.9 Å². The van der Waals surface area contributed by atoms with Crippen LogP contribution in [0.2, 0.25) is 0 Å². The maximum atomic E-state index is 11.8. The van der Waals surface area contributed by atoms with Crippen molar-refractivity contribution in [1.29, 1.82) is 0 Å². The van der Waals surface area contributed by atoms with Crippen molar-refractivity contribution in [2.45, 2.75) is 6.42 Å². The van der Waals surface area contributed by atoms with E-state index in [1.54, 1.807) is 24.3 Å². The van der Waals surface area contributed by atoms with E-state index in [1.165, 1.54) is 14.2 Å². The van der Waals surface area contributed by atoms with Gasteiger partial charge in [-0.05, 0) is 12.1 Å². The van der Waals surface area contributed by atoms with Gasteiger partial charge in [0.1, 0.15) is 17.9 Å². The lowest BCUT2D eigenvalue weighted by molar-refractivity contribution is -0.126. The van der Waals surface area contributed by atoms with E-state index in [4.69, 9.17) is 9.47 Å². The fraction of sp³-hybridized carbons (Fsp3) is 0.286. The quantitative estimate of drug-likeness (QED) is 0.583. The Morgan fingerprint density at radius 3 is 2.60 bits per heavy atom. The summed E-state index contributed by atoms with van der Waals surface area (Å²) in [6.07, 6.45) is 1.27. The Morgan fingerprint density at radius 1 is 1.25 bits per heavy atom. The van der Waals surface area contributed by atoms with Crippen LogP contribution in [0.15, 0.2) is 30.9 Å². The molecule has 0 spiro atoms. The molecular weight excluding hydrogens is 260 g/mol. The molecule has 1 rings (SSSR count). The van der Waals surface area contributed by atoms with Gasteiger partial charge in [0, 0.05) is 12.6 Å². The predicted octanol–water partition coefficient (Wildman–Crippen LogP) is 1.33. The van der Waals surface area contributed by atoms with Crippen molar-refractivity contribution in [3.63, 3.8) is 0 Å². The zero-order valence-electron chi connectivity index (χ0n) is 11.6. The summed E-state index contributed by atoms with van der Waals surface area (Å²) in [7, 11) is 3.02. The number of carbonyl (C=O) groups is 2. The van der Waals surface area contributed by atoms with E-state index < -0.39 is 5.91 Å². The highest BCUT2D eigenvalue weighted by Crippen LogP contribution is 2.28. The molecule has 0 aliphatic rings. The van der Waals surface area contributed by atoms with Crippen LogP contribution in [-0.2, 0) is 9.59 Å². The van der Waals surface area contributed by atoms with Crippen LogP contribution in [0.3, 0.4) is 0 Å². The molecule has 0 saturated heterocycles. The van der Waals surface area contributed by atoms with Gasteiger partial charge in [0.15, 0.2) is 0 Å². The first-order valence-electron chi connectivity index (χ1n) is 6.00. The molecule has 1 aromatic rings. The molecule has 0 unspecified atom stereocenters. The number of methoxy groups -OCH3 is 2. The number of carbonyl (C=O) groups excluding carboxylic acids is 2. The number of nitrogens with one attached hydrogen (secondary N) is 2. The average molecular weight is 278 g/mol. The molecule has 2 amide bonds. The zero-order valence-corrected chi connectivity index (χ0v) is 11.6. The standard InChI is InChI=1S/C14H18N2O4/c1-4-7-15-13(17)9-14(18)16-11-8-10(19-2)5-6-12(11)20-3/h4-6,8H,1,7,9H2,2-3H3,(H,15,17)(H,16,18). The fourth-order valence-electron chi connectivity index (χ4n) is 1.50. The molecular formula is C14H18N2O4. The summed E-state index contributed by atoms with van der Waals surface area (Å²) in [5, 5.41) is 5.14. The number of benzene rings is 1. The van der Waals surface area contributed by atoms with E-state index in [1.807, 2.05) is 0 Å². The highest BCUT2D eigenvalue weighted by Gasteiger charge is 2.12. The lowest BCUT2D eigenvalue weighted by atomic mass is 10.2. The average Bonchev–Trinajstić information content (AvgIpc) is 2.44. The normalized spacial score (nSPS) is 9.50. The first kappa shape index (κ1) is 15.6. The van der Waals surface area contributed by atoms with Crippen molar-refractivity contribution in [2.75, 3.05) is 26.1 Å². The molecule has 0 heterocycles. The Labute approximate surface area is 117 Å². The van der Waals surface area contributed by atoms with Gasteiger partial charge >= 0.3 is 0 Å². The largest absolute Gasteiger partial charge is 0.497 e. The molecule has 6 nitrogen and oxygen atoms in total. The first-order chi connectivity index (χ1) is 9.60. The monoisotopic (exact) mass is 278 g/mol. The van der Waals surface area contributed by atoms with Crippen LogP contribution in [0.4, 0.5) is 5.69 Å². The van der Waals surface area contributed by atoms with Crippen LogP contribution in [0.25, 0.3) is 0 Å². The van der Waals surface area contributed by atoms with E-state index in [-0.39, 0.29) is 12.3 Å². The lowest BCUT2D eigenvalue weighted by Gasteiger charge is -2.11. The van der Waals surface area contributed by atoms with Crippen LogP contribution in [0.1, 0.15) is 6.42 Å². The maximum absolute atomic E-state index is 11.8. The second-order valence-electron chi connectivity index (χ2n) is 3.88. The number of amides is 2. The van der Waals surface area contributed by atoms with E-state index in [0.29, 0.717) is 23.7 Å². The van der Waals surface area contributed by atoms with Crippen LogP contribution in [0, 0.1) is 0 Å². The second-order valence-corrected chi connectivity index (χ2v) is 3.88. The van der Waals surface area contributed by atoms with E-state index in [9.17, 15) is 9.59 Å². The highest BCUT2D eigenvalue weighted by atomic mass is 16.5. The summed E-state index contributed by atoms with van der Waals surface area (Å²) in [6, 6.07) is 5.01. The van der Waals surface area contributed by atoms with E-state index >= 15 is 0 Å². The van der Waals surface area contributed by atoms with E-state index in [2.05, 4.69) is 17.2 Å². The minimum absolute atomic E-state index is 0.270. The smallest absolute Gasteiger partial charge is 0.233 e. The van der Waals surface area contributed by atoms with Crippen LogP contribution >= 0.6 is 0 Å². The Morgan fingerprint density at radius 2 is 2.00 bits per heavy atom. The highest BCUT2D eigenvalue weighted by molar-refractivity contribution is 6.04. The first-order valence-corrected chi connectivity index (χ1v) is 6.00. The number of ether oxygens (including phenoxy) is 2. The van der Waals surface area contributed by atoms with Gasteiger partial charge in [-0.1, -0.05) is 6.08 Å². The summed E-state index contributed by atoms with van der Waals surface area (Å²) in [6.45, 7) is 3.80. The third-order valence-electron chi connectivity index (χ3n) is 2.45. The second kappa shape index (κ2) is 7.83. The molecule has 0 atom stereocenters. The van der Waals surface area contributed by atoms with Crippen LogP contribution in [0.5, 0.6) is 11.5 Å². The summed E-state index contributed by atoms with van der Waals surface area (Å²) >= 11 is 0. The Bertz CT molecular complexity index is 500. The van der Waals surface area contributed by atoms with Gasteiger partial charge in [-0.25, -0.2) is 0 Å². The minimum Gasteiger partial charge on any atom is -0.497 e. The van der Waals surface area contributed by atoms with Gasteiger partial charge in [-0.15, -0.1) is 6.58 Å². The fourth-order valence-corrected chi connectivity index (χ4v) is 1.50. The van der Waals surface area contributed by atoms with Gasteiger partial charge < -0.3 is 20.1 Å². The van der Waals surface area contributed by atoms with Crippen LogP contribution in [-0.4, -0.2) is 32.6 Å². The van der Waals surface area contributed by atoms with E-state index in [0.717, 1.165) is 0 Å². The molecule has 2 N–H and O–H groups in total. The van der Waals surface area contributed by atoms with Crippen molar-refractivity contribution >= 4 is 17.5 Å². The maximum Gasteiger partial charge on any atom is 0.233 e. The minimum atomic E-state index is -0.432. The number of hydrogen-bond donors (Lipinski definition) is 2. The molecule has 0 aliphatic heterocycles. The molecule has 0 fully saturated rings. The van der Waals surface area contributed by atoms with Crippen molar-refractivity contribution in [1.82, 2.24) is 5.32 Å².